The van der Waals surface area contributed by atoms with Crippen molar-refractivity contribution in [1.82, 2.24) is 9.71 Å². The lowest BCUT2D eigenvalue weighted by Crippen LogP contribution is -2.28. The highest BCUT2D eigenvalue weighted by Gasteiger charge is 2.34. The van der Waals surface area contributed by atoms with Crippen LogP contribution in [0.25, 0.3) is 10.9 Å². The van der Waals surface area contributed by atoms with Gasteiger partial charge in [0.1, 0.15) is 0 Å². The van der Waals surface area contributed by atoms with Crippen molar-refractivity contribution in [3.05, 3.63) is 65.3 Å². The Kier molecular flexibility index (Phi) is 6.30. The highest BCUT2D eigenvalue weighted by molar-refractivity contribution is 7.89. The minimum absolute atomic E-state index is 0.234. The van der Waals surface area contributed by atoms with Gasteiger partial charge in [-0.15, -0.1) is 0 Å². The van der Waals surface area contributed by atoms with Crippen LogP contribution in [0.15, 0.2) is 59.6 Å². The Balaban J connectivity index is 1.65. The summed E-state index contributed by atoms with van der Waals surface area (Å²) in [5.74, 6) is -0.483. The summed E-state index contributed by atoms with van der Waals surface area (Å²) < 4.78 is 65.5. The van der Waals surface area contributed by atoms with Crippen molar-refractivity contribution in [2.24, 2.45) is 0 Å². The number of sulfonamides is 1. The molecule has 158 valence electrons. The first kappa shape index (κ1) is 22.0. The number of aromatic nitrogens is 1. The number of hydrogen-bond donors (Lipinski definition) is 2. The predicted octanol–water partition coefficient (Wildman–Crippen LogP) is 4.21. The Morgan fingerprint density at radius 2 is 1.83 bits per heavy atom. The number of hydrogen-bond acceptors (Lipinski definition) is 4. The smallest absolute Gasteiger partial charge is 0.324 e. The van der Waals surface area contributed by atoms with Crippen LogP contribution in [-0.2, 0) is 21.0 Å². The zero-order chi connectivity index (χ0) is 21.9. The Morgan fingerprint density at radius 1 is 1.10 bits per heavy atom. The molecule has 3 rings (SSSR count). The largest absolute Gasteiger partial charge is 0.417 e. The SMILES string of the molecule is O=C(CCNS(=O)(=O)c1ccc(Cl)c(C(F)(F)F)c1)Nc1cccc2cccnc12. The number of para-hydroxylation sites is 1. The molecule has 0 bridgehead atoms. The average Bonchev–Trinajstić information content (AvgIpc) is 2.67. The molecule has 2 N–H and O–H groups in total. The molecular weight excluding hydrogens is 443 g/mol. The monoisotopic (exact) mass is 457 g/mol. The van der Waals surface area contributed by atoms with Gasteiger partial charge in [0.2, 0.25) is 15.9 Å². The number of carbonyl (C=O) groups is 1. The second kappa shape index (κ2) is 8.58. The molecule has 0 aliphatic carbocycles. The van der Waals surface area contributed by atoms with Crippen molar-refractivity contribution >= 4 is 44.1 Å². The van der Waals surface area contributed by atoms with Crippen molar-refractivity contribution in [3.8, 4) is 0 Å². The summed E-state index contributed by atoms with van der Waals surface area (Å²) in [5.41, 5.74) is -0.212. The van der Waals surface area contributed by atoms with Gasteiger partial charge in [-0.1, -0.05) is 29.8 Å². The Hall–Kier alpha value is -2.69. The highest BCUT2D eigenvalue weighted by atomic mass is 35.5. The number of nitrogens with one attached hydrogen (secondary N) is 2. The lowest BCUT2D eigenvalue weighted by Gasteiger charge is -2.12. The van der Waals surface area contributed by atoms with Gasteiger partial charge >= 0.3 is 6.18 Å². The van der Waals surface area contributed by atoms with E-state index in [0.29, 0.717) is 17.3 Å². The van der Waals surface area contributed by atoms with Crippen molar-refractivity contribution in [2.45, 2.75) is 17.5 Å². The summed E-state index contributed by atoms with van der Waals surface area (Å²) in [7, 11) is -4.26. The van der Waals surface area contributed by atoms with Gasteiger partial charge in [0, 0.05) is 24.5 Å². The van der Waals surface area contributed by atoms with Gasteiger partial charge < -0.3 is 5.32 Å². The first-order valence-electron chi connectivity index (χ1n) is 8.58. The van der Waals surface area contributed by atoms with Crippen molar-refractivity contribution in [3.63, 3.8) is 0 Å². The van der Waals surface area contributed by atoms with Gasteiger partial charge in [-0.25, -0.2) is 13.1 Å². The minimum Gasteiger partial charge on any atom is -0.324 e. The molecule has 1 amide bonds. The molecule has 0 fully saturated rings. The van der Waals surface area contributed by atoms with Gasteiger partial charge in [-0.2, -0.15) is 13.2 Å². The normalized spacial score (nSPS) is 12.1. The molecule has 0 unspecified atom stereocenters. The lowest BCUT2D eigenvalue weighted by atomic mass is 10.2. The molecule has 11 heteroatoms. The topological polar surface area (TPSA) is 88.2 Å². The zero-order valence-corrected chi connectivity index (χ0v) is 16.8. The van der Waals surface area contributed by atoms with Crippen LogP contribution < -0.4 is 10.0 Å². The molecule has 0 saturated carbocycles. The third-order valence-electron chi connectivity index (χ3n) is 4.10. The molecular formula is C19H15ClF3N3O3S. The molecule has 0 saturated heterocycles. The molecule has 1 aromatic heterocycles. The maximum Gasteiger partial charge on any atom is 0.417 e. The Labute approximate surface area is 175 Å². The molecule has 0 spiro atoms. The summed E-state index contributed by atoms with van der Waals surface area (Å²) in [6, 6.07) is 11.1. The van der Waals surface area contributed by atoms with Crippen molar-refractivity contribution in [1.29, 1.82) is 0 Å². The number of anilines is 1. The van der Waals surface area contributed by atoms with E-state index >= 15 is 0 Å². The van der Waals surface area contributed by atoms with Crippen molar-refractivity contribution in [2.75, 3.05) is 11.9 Å². The van der Waals surface area contributed by atoms with E-state index in [4.69, 9.17) is 11.6 Å². The number of nitrogens with zero attached hydrogens (tertiary/aromatic N) is 1. The zero-order valence-electron chi connectivity index (χ0n) is 15.2. The van der Waals surface area contributed by atoms with Crippen LogP contribution >= 0.6 is 11.6 Å². The van der Waals surface area contributed by atoms with Crippen molar-refractivity contribution < 1.29 is 26.4 Å². The minimum atomic E-state index is -4.80. The van der Waals surface area contributed by atoms with E-state index in [1.165, 1.54) is 0 Å². The predicted molar refractivity (Wildman–Crippen MR) is 107 cm³/mol. The van der Waals surface area contributed by atoms with Crippen LogP contribution in [-0.4, -0.2) is 25.9 Å². The van der Waals surface area contributed by atoms with E-state index in [9.17, 15) is 26.4 Å². The van der Waals surface area contributed by atoms with Crippen LogP contribution in [0, 0.1) is 0 Å². The lowest BCUT2D eigenvalue weighted by molar-refractivity contribution is -0.137. The Morgan fingerprint density at radius 3 is 2.57 bits per heavy atom. The molecule has 6 nitrogen and oxygen atoms in total. The second-order valence-corrected chi connectivity index (χ2v) is 8.39. The summed E-state index contributed by atoms with van der Waals surface area (Å²) in [6.07, 6.45) is -3.45. The number of benzene rings is 2. The number of halogens is 4. The third kappa shape index (κ3) is 5.07. The van der Waals surface area contributed by atoms with Gasteiger partial charge in [-0.3, -0.25) is 9.78 Å². The maximum absolute atomic E-state index is 12.9. The van der Waals surface area contributed by atoms with E-state index in [1.807, 2.05) is 12.1 Å². The fourth-order valence-electron chi connectivity index (χ4n) is 2.69. The van der Waals surface area contributed by atoms with E-state index in [-0.39, 0.29) is 13.0 Å². The van der Waals surface area contributed by atoms with E-state index in [1.54, 1.807) is 24.4 Å². The van der Waals surface area contributed by atoms with Gasteiger partial charge in [0.05, 0.1) is 26.7 Å². The molecule has 3 aromatic rings. The summed E-state index contributed by atoms with van der Waals surface area (Å²) in [4.78, 5) is 15.8. The number of fused-ring (bicyclic) bond motifs is 1. The maximum atomic E-state index is 12.9. The summed E-state index contributed by atoms with van der Waals surface area (Å²) >= 11 is 5.50. The summed E-state index contributed by atoms with van der Waals surface area (Å²) in [6.45, 7) is -0.309. The first-order valence-corrected chi connectivity index (χ1v) is 10.4. The van der Waals surface area contributed by atoms with E-state index < -0.39 is 37.6 Å². The van der Waals surface area contributed by atoms with Crippen LogP contribution in [0.4, 0.5) is 18.9 Å². The summed E-state index contributed by atoms with van der Waals surface area (Å²) in [5, 5.41) is 2.86. The number of alkyl halides is 3. The van der Waals surface area contributed by atoms with Crippen LogP contribution in [0.2, 0.25) is 5.02 Å². The highest BCUT2D eigenvalue weighted by Crippen LogP contribution is 2.35. The van der Waals surface area contributed by atoms with Crippen LogP contribution in [0.1, 0.15) is 12.0 Å². The van der Waals surface area contributed by atoms with Gasteiger partial charge in [-0.05, 0) is 30.3 Å². The molecule has 0 radical (unpaired) electrons. The molecule has 0 atom stereocenters. The van der Waals surface area contributed by atoms with Crippen LogP contribution in [0.3, 0.4) is 0 Å². The number of rotatable bonds is 6. The van der Waals surface area contributed by atoms with Gasteiger partial charge in [0.15, 0.2) is 0 Å². The fourth-order valence-corrected chi connectivity index (χ4v) is 3.97. The number of amides is 1. The third-order valence-corrected chi connectivity index (χ3v) is 5.89. The standard InChI is InChI=1S/C19H15ClF3N3O3S/c20-15-7-6-13(11-14(15)19(21,22)23)30(28,29)25-10-8-17(27)26-16-5-1-3-12-4-2-9-24-18(12)16/h1-7,9,11,25H,8,10H2,(H,26,27). The molecule has 0 aliphatic heterocycles. The van der Waals surface area contributed by atoms with Crippen LogP contribution in [0.5, 0.6) is 0 Å². The fraction of sp³-hybridized carbons (Fsp3) is 0.158. The molecule has 1 heterocycles. The first-order chi connectivity index (χ1) is 14.1. The number of pyridine rings is 1. The molecule has 30 heavy (non-hydrogen) atoms. The average molecular weight is 458 g/mol. The number of carbonyl (C=O) groups excluding carboxylic acids is 1. The molecule has 0 aliphatic rings. The molecule has 2 aromatic carbocycles. The Bertz CT molecular complexity index is 1200. The second-order valence-electron chi connectivity index (χ2n) is 6.22. The quantitative estimate of drug-likeness (QED) is 0.580. The van der Waals surface area contributed by atoms with E-state index in [0.717, 1.165) is 17.5 Å². The van der Waals surface area contributed by atoms with Gasteiger partial charge in [0.25, 0.3) is 0 Å². The van der Waals surface area contributed by atoms with E-state index in [2.05, 4.69) is 15.0 Å².